The lowest BCUT2D eigenvalue weighted by molar-refractivity contribution is 1.74. The lowest BCUT2D eigenvalue weighted by Gasteiger charge is -2.07. The topological polar surface area (TPSA) is 0 Å². The number of hydrogen-bond donors (Lipinski definition) is 0. The summed E-state index contributed by atoms with van der Waals surface area (Å²) in [5.41, 5.74) is 2.50. The van der Waals surface area contributed by atoms with E-state index in [-0.39, 0.29) is 0 Å². The average Bonchev–Trinajstić information content (AvgIpc) is 3.27. The number of benzene rings is 4. The lowest BCUT2D eigenvalue weighted by atomic mass is 9.98. The zero-order chi connectivity index (χ0) is 18.0. The van der Waals surface area contributed by atoms with Gasteiger partial charge in [0, 0.05) is 35.6 Å². The maximum absolute atomic E-state index is 6.56. The number of thiophene rings is 2. The van der Waals surface area contributed by atoms with Crippen molar-refractivity contribution in [2.45, 2.75) is 0 Å². The van der Waals surface area contributed by atoms with E-state index < -0.39 is 0 Å². The first-order valence-electron chi connectivity index (χ1n) is 8.81. The van der Waals surface area contributed by atoms with E-state index in [1.165, 1.54) is 51.5 Å². The molecule has 0 aliphatic carbocycles. The molecule has 2 aromatic heterocycles. The third kappa shape index (κ3) is 2.28. The molecule has 0 aliphatic rings. The number of rotatable bonds is 1. The van der Waals surface area contributed by atoms with Gasteiger partial charge in [-0.2, -0.15) is 0 Å². The summed E-state index contributed by atoms with van der Waals surface area (Å²) >= 11 is 10.2. The van der Waals surface area contributed by atoms with Gasteiger partial charge in [0.1, 0.15) is 0 Å². The summed E-state index contributed by atoms with van der Waals surface area (Å²) in [5, 5.41) is 6.04. The summed E-state index contributed by atoms with van der Waals surface area (Å²) < 4.78 is 5.13. The van der Waals surface area contributed by atoms with Crippen LogP contribution in [0, 0.1) is 0 Å². The third-order valence-electron chi connectivity index (χ3n) is 5.17. The van der Waals surface area contributed by atoms with E-state index in [1.54, 1.807) is 11.3 Å². The van der Waals surface area contributed by atoms with Gasteiger partial charge in [-0.3, -0.25) is 0 Å². The third-order valence-corrected chi connectivity index (χ3v) is 7.95. The second-order valence-electron chi connectivity index (χ2n) is 6.71. The molecule has 2 heterocycles. The first kappa shape index (κ1) is 15.6. The Morgan fingerprint density at radius 2 is 1.30 bits per heavy atom. The predicted molar refractivity (Wildman–Crippen MR) is 123 cm³/mol. The van der Waals surface area contributed by atoms with E-state index >= 15 is 0 Å². The van der Waals surface area contributed by atoms with Crippen LogP contribution in [0.3, 0.4) is 0 Å². The van der Waals surface area contributed by atoms with Gasteiger partial charge in [-0.05, 0) is 41.5 Å². The van der Waals surface area contributed by atoms with Crippen LogP contribution in [0.2, 0.25) is 5.02 Å². The maximum Gasteiger partial charge on any atom is 0.0585 e. The summed E-state index contributed by atoms with van der Waals surface area (Å²) in [6.45, 7) is 0. The van der Waals surface area contributed by atoms with Crippen LogP contribution in [0.5, 0.6) is 0 Å². The molecule has 0 spiro atoms. The van der Waals surface area contributed by atoms with Gasteiger partial charge in [-0.25, -0.2) is 0 Å². The summed E-state index contributed by atoms with van der Waals surface area (Å²) in [5.74, 6) is 0. The minimum atomic E-state index is 0.831. The van der Waals surface area contributed by atoms with Crippen LogP contribution in [-0.2, 0) is 0 Å². The molecule has 0 fully saturated rings. The molecule has 128 valence electrons. The second-order valence-corrected chi connectivity index (χ2v) is 9.25. The van der Waals surface area contributed by atoms with Crippen molar-refractivity contribution in [2.75, 3.05) is 0 Å². The SMILES string of the molecule is Clc1ccc(-c2ccc3sc4ccccc4c3c2)c2c1sc1ccccc12. The van der Waals surface area contributed by atoms with Gasteiger partial charge in [-0.1, -0.05) is 60.1 Å². The fourth-order valence-corrected chi connectivity index (χ4v) is 6.42. The first-order chi connectivity index (χ1) is 13.3. The second kappa shape index (κ2) is 5.80. The summed E-state index contributed by atoms with van der Waals surface area (Å²) in [6, 6.07) is 28.3. The largest absolute Gasteiger partial charge is 0.135 e. The van der Waals surface area contributed by atoms with Crippen LogP contribution in [0.25, 0.3) is 51.5 Å². The molecule has 4 aromatic carbocycles. The van der Waals surface area contributed by atoms with Crippen molar-refractivity contribution < 1.29 is 0 Å². The highest BCUT2D eigenvalue weighted by Gasteiger charge is 2.14. The molecule has 27 heavy (non-hydrogen) atoms. The van der Waals surface area contributed by atoms with Crippen molar-refractivity contribution in [2.24, 2.45) is 0 Å². The van der Waals surface area contributed by atoms with Crippen LogP contribution in [0.1, 0.15) is 0 Å². The van der Waals surface area contributed by atoms with E-state index in [4.69, 9.17) is 11.6 Å². The van der Waals surface area contributed by atoms with Gasteiger partial charge in [-0.15, -0.1) is 22.7 Å². The molecule has 0 nitrogen and oxygen atoms in total. The van der Waals surface area contributed by atoms with Crippen molar-refractivity contribution >= 4 is 74.6 Å². The normalized spacial score (nSPS) is 11.9. The quantitative estimate of drug-likeness (QED) is 0.259. The summed E-state index contributed by atoms with van der Waals surface area (Å²) in [7, 11) is 0. The Hall–Kier alpha value is -2.39. The standard InChI is InChI=1S/C24H13ClS2/c25-19-11-10-15(23-17-6-2-4-8-21(17)27-24(19)23)14-9-12-22-18(13-14)16-5-1-3-7-20(16)26-22/h1-13H. The Morgan fingerprint density at radius 1 is 0.593 bits per heavy atom. The minimum Gasteiger partial charge on any atom is -0.135 e. The zero-order valence-electron chi connectivity index (χ0n) is 14.2. The fraction of sp³-hybridized carbons (Fsp3) is 0. The smallest absolute Gasteiger partial charge is 0.0585 e. The molecular formula is C24H13ClS2. The fourth-order valence-electron chi connectivity index (χ4n) is 3.93. The molecule has 0 bridgehead atoms. The minimum absolute atomic E-state index is 0.831. The summed E-state index contributed by atoms with van der Waals surface area (Å²) in [4.78, 5) is 0. The van der Waals surface area contributed by atoms with Gasteiger partial charge in [0.25, 0.3) is 0 Å². The zero-order valence-corrected chi connectivity index (χ0v) is 16.6. The molecule has 3 heteroatoms. The Balaban J connectivity index is 1.72. The molecule has 0 N–H and O–H groups in total. The van der Waals surface area contributed by atoms with Gasteiger partial charge >= 0.3 is 0 Å². The Morgan fingerprint density at radius 3 is 2.15 bits per heavy atom. The Labute approximate surface area is 169 Å². The Kier molecular flexibility index (Phi) is 3.36. The van der Waals surface area contributed by atoms with Crippen molar-refractivity contribution in [1.82, 2.24) is 0 Å². The molecule has 0 atom stereocenters. The highest BCUT2D eigenvalue weighted by atomic mass is 35.5. The van der Waals surface area contributed by atoms with E-state index in [9.17, 15) is 0 Å². The van der Waals surface area contributed by atoms with Gasteiger partial charge < -0.3 is 0 Å². The molecule has 0 saturated heterocycles. The first-order valence-corrected chi connectivity index (χ1v) is 10.8. The van der Waals surface area contributed by atoms with Crippen LogP contribution in [0.4, 0.5) is 0 Å². The number of hydrogen-bond acceptors (Lipinski definition) is 2. The summed E-state index contributed by atoms with van der Waals surface area (Å²) in [6.07, 6.45) is 0. The highest BCUT2D eigenvalue weighted by Crippen LogP contribution is 2.44. The number of halogens is 1. The predicted octanol–water partition coefficient (Wildman–Crippen LogP) is 8.74. The number of fused-ring (bicyclic) bond motifs is 6. The lowest BCUT2D eigenvalue weighted by Crippen LogP contribution is -1.80. The van der Waals surface area contributed by atoms with Crippen LogP contribution in [-0.4, -0.2) is 0 Å². The molecule has 6 aromatic rings. The van der Waals surface area contributed by atoms with E-state index in [0.717, 1.165) is 5.02 Å². The Bertz CT molecular complexity index is 1490. The van der Waals surface area contributed by atoms with Crippen molar-refractivity contribution in [3.8, 4) is 11.1 Å². The van der Waals surface area contributed by atoms with E-state index in [2.05, 4.69) is 72.8 Å². The molecule has 0 aliphatic heterocycles. The molecule has 0 unspecified atom stereocenters. The molecular weight excluding hydrogens is 388 g/mol. The van der Waals surface area contributed by atoms with Crippen molar-refractivity contribution in [1.29, 1.82) is 0 Å². The maximum atomic E-state index is 6.56. The molecule has 0 saturated carbocycles. The van der Waals surface area contributed by atoms with Crippen LogP contribution in [0.15, 0.2) is 78.9 Å². The van der Waals surface area contributed by atoms with E-state index in [0.29, 0.717) is 0 Å². The van der Waals surface area contributed by atoms with Gasteiger partial charge in [0.2, 0.25) is 0 Å². The molecule has 0 amide bonds. The molecule has 0 radical (unpaired) electrons. The van der Waals surface area contributed by atoms with Crippen LogP contribution < -0.4 is 0 Å². The van der Waals surface area contributed by atoms with Crippen molar-refractivity contribution in [3.63, 3.8) is 0 Å². The van der Waals surface area contributed by atoms with Gasteiger partial charge in [0.05, 0.1) is 9.72 Å². The van der Waals surface area contributed by atoms with Crippen LogP contribution >= 0.6 is 34.3 Å². The average molecular weight is 401 g/mol. The van der Waals surface area contributed by atoms with E-state index in [1.807, 2.05) is 17.4 Å². The van der Waals surface area contributed by atoms with Gasteiger partial charge in [0.15, 0.2) is 0 Å². The monoisotopic (exact) mass is 400 g/mol. The highest BCUT2D eigenvalue weighted by molar-refractivity contribution is 7.26. The van der Waals surface area contributed by atoms with Crippen molar-refractivity contribution in [3.05, 3.63) is 83.9 Å². The molecule has 6 rings (SSSR count).